The summed E-state index contributed by atoms with van der Waals surface area (Å²) in [6.45, 7) is 2.06. The van der Waals surface area contributed by atoms with Gasteiger partial charge in [-0.3, -0.25) is 14.4 Å². The Bertz CT molecular complexity index is 1480. The van der Waals surface area contributed by atoms with Crippen LogP contribution in [0.4, 0.5) is 5.69 Å². The van der Waals surface area contributed by atoms with Gasteiger partial charge in [0, 0.05) is 11.8 Å². The number of ketones is 1. The van der Waals surface area contributed by atoms with Gasteiger partial charge in [-0.15, -0.1) is 0 Å². The number of rotatable bonds is 3. The normalized spacial score (nSPS) is 25.1. The topological polar surface area (TPSA) is 76.2 Å². The van der Waals surface area contributed by atoms with Crippen molar-refractivity contribution in [3.8, 4) is 11.5 Å². The molecule has 0 aromatic heterocycles. The van der Waals surface area contributed by atoms with E-state index in [9.17, 15) is 14.4 Å². The molecule has 0 N–H and O–H groups in total. The fourth-order valence-corrected chi connectivity index (χ4v) is 6.03. The fourth-order valence-electron chi connectivity index (χ4n) is 6.03. The molecule has 36 heavy (non-hydrogen) atoms. The third-order valence-corrected chi connectivity index (χ3v) is 7.68. The van der Waals surface area contributed by atoms with Crippen molar-refractivity contribution in [2.75, 3.05) is 11.7 Å². The van der Waals surface area contributed by atoms with E-state index < -0.39 is 23.9 Å². The van der Waals surface area contributed by atoms with Crippen LogP contribution in [0.1, 0.15) is 33.1 Å². The average Bonchev–Trinajstić information content (AvgIpc) is 3.57. The Morgan fingerprint density at radius 1 is 0.889 bits per heavy atom. The van der Waals surface area contributed by atoms with E-state index in [1.807, 2.05) is 60.5 Å². The monoisotopic (exact) mass is 478 g/mol. The van der Waals surface area contributed by atoms with E-state index in [1.54, 1.807) is 30.3 Å². The number of anilines is 1. The maximum atomic E-state index is 14.0. The van der Waals surface area contributed by atoms with Crippen molar-refractivity contribution in [1.82, 2.24) is 4.90 Å². The molecule has 2 saturated heterocycles. The second-order valence-electron chi connectivity index (χ2n) is 9.61. The number of carbonyl (C=O) groups excluding carboxylic acids is 3. The lowest BCUT2D eigenvalue weighted by atomic mass is 9.83. The predicted octanol–water partition coefficient (Wildman–Crippen LogP) is 4.12. The lowest BCUT2D eigenvalue weighted by molar-refractivity contribution is -0.123. The summed E-state index contributed by atoms with van der Waals surface area (Å²) in [7, 11) is 0. The molecule has 2 amide bonds. The van der Waals surface area contributed by atoms with Crippen molar-refractivity contribution in [2.45, 2.75) is 19.0 Å². The van der Waals surface area contributed by atoms with Gasteiger partial charge in [0.15, 0.2) is 17.3 Å². The van der Waals surface area contributed by atoms with Crippen LogP contribution in [0.3, 0.4) is 0 Å². The van der Waals surface area contributed by atoms with Crippen LogP contribution in [0.15, 0.2) is 72.9 Å². The van der Waals surface area contributed by atoms with E-state index in [1.165, 1.54) is 4.90 Å². The first kappa shape index (κ1) is 20.9. The highest BCUT2D eigenvalue weighted by Gasteiger charge is 2.64. The lowest BCUT2D eigenvalue weighted by Crippen LogP contribution is -2.44. The zero-order valence-corrected chi connectivity index (χ0v) is 19.5. The Labute approximate surface area is 207 Å². The van der Waals surface area contributed by atoms with Crippen LogP contribution in [0.5, 0.6) is 11.5 Å². The Hall–Kier alpha value is -4.39. The molecule has 3 aromatic carbocycles. The maximum Gasteiger partial charge on any atom is 0.240 e. The molecule has 0 radical (unpaired) electrons. The van der Waals surface area contributed by atoms with E-state index in [2.05, 4.69) is 0 Å². The second-order valence-corrected chi connectivity index (χ2v) is 9.61. The zero-order valence-electron chi connectivity index (χ0n) is 19.5. The number of aryl methyl sites for hydroxylation is 1. The molecule has 4 atom stereocenters. The molecule has 0 aliphatic carbocycles. The van der Waals surface area contributed by atoms with Gasteiger partial charge < -0.3 is 14.4 Å². The summed E-state index contributed by atoms with van der Waals surface area (Å²) in [6, 6.07) is 19.0. The molecule has 0 unspecified atom stereocenters. The summed E-state index contributed by atoms with van der Waals surface area (Å²) in [5, 5.41) is 0. The van der Waals surface area contributed by atoms with Crippen molar-refractivity contribution in [3.63, 3.8) is 0 Å². The molecule has 3 aromatic rings. The summed E-state index contributed by atoms with van der Waals surface area (Å²) < 4.78 is 10.9. The third kappa shape index (κ3) is 2.83. The van der Waals surface area contributed by atoms with Crippen LogP contribution in [0.25, 0.3) is 6.08 Å². The molecule has 0 bridgehead atoms. The maximum absolute atomic E-state index is 14.0. The van der Waals surface area contributed by atoms with Crippen molar-refractivity contribution < 1.29 is 23.9 Å². The molecule has 4 aliphatic heterocycles. The number of imide groups is 1. The number of hydrogen-bond donors (Lipinski definition) is 0. The molecule has 7 rings (SSSR count). The molecular weight excluding hydrogens is 456 g/mol. The molecule has 0 saturated carbocycles. The molecule has 4 aliphatic rings. The van der Waals surface area contributed by atoms with Gasteiger partial charge in [-0.05, 0) is 54.5 Å². The highest BCUT2D eigenvalue weighted by molar-refractivity contribution is 6.24. The molecule has 178 valence electrons. The van der Waals surface area contributed by atoms with Gasteiger partial charge in [-0.1, -0.05) is 42.0 Å². The number of carbonyl (C=O) groups is 3. The number of benzene rings is 3. The zero-order chi connectivity index (χ0) is 24.6. The number of hydrogen-bond acceptors (Lipinski definition) is 6. The van der Waals surface area contributed by atoms with E-state index in [-0.39, 0.29) is 24.4 Å². The van der Waals surface area contributed by atoms with Crippen molar-refractivity contribution in [2.24, 2.45) is 11.8 Å². The quantitative estimate of drug-likeness (QED) is 0.416. The number of ether oxygens (including phenoxy) is 2. The van der Waals surface area contributed by atoms with E-state index in [4.69, 9.17) is 9.47 Å². The van der Waals surface area contributed by atoms with Crippen LogP contribution in [-0.2, 0) is 9.59 Å². The summed E-state index contributed by atoms with van der Waals surface area (Å²) in [5.41, 5.74) is 3.92. The van der Waals surface area contributed by atoms with Gasteiger partial charge in [-0.25, -0.2) is 4.90 Å². The number of fused-ring (bicyclic) bond motifs is 6. The third-order valence-electron chi connectivity index (χ3n) is 7.68. The summed E-state index contributed by atoms with van der Waals surface area (Å²) in [4.78, 5) is 45.1. The molecule has 7 heteroatoms. The summed E-state index contributed by atoms with van der Waals surface area (Å²) in [5.74, 6) is -1.23. The second kappa shape index (κ2) is 7.55. The SMILES string of the molecule is Cc1ccc(N2C(=O)[C@@H]3[C@H](C2=O)[C@H]2c4ccccc4C=CN2[C@@H]3C(=O)c2ccc3c(c2)OCO3)cc1. The first-order chi connectivity index (χ1) is 17.5. The smallest absolute Gasteiger partial charge is 0.240 e. The molecule has 4 heterocycles. The van der Waals surface area contributed by atoms with Crippen molar-refractivity contribution >= 4 is 29.4 Å². The molecule has 7 nitrogen and oxygen atoms in total. The Balaban J connectivity index is 1.36. The minimum Gasteiger partial charge on any atom is -0.454 e. The predicted molar refractivity (Wildman–Crippen MR) is 131 cm³/mol. The van der Waals surface area contributed by atoms with Gasteiger partial charge in [0.25, 0.3) is 0 Å². The highest BCUT2D eigenvalue weighted by atomic mass is 16.7. The van der Waals surface area contributed by atoms with Crippen molar-refractivity contribution in [1.29, 1.82) is 0 Å². The van der Waals surface area contributed by atoms with Crippen LogP contribution >= 0.6 is 0 Å². The Morgan fingerprint density at radius 3 is 2.47 bits per heavy atom. The van der Waals surface area contributed by atoms with Crippen LogP contribution in [-0.4, -0.2) is 35.3 Å². The van der Waals surface area contributed by atoms with Gasteiger partial charge in [0.2, 0.25) is 18.6 Å². The van der Waals surface area contributed by atoms with E-state index in [0.717, 1.165) is 16.7 Å². The molecule has 0 spiro atoms. The minimum atomic E-state index is -0.822. The Kier molecular flexibility index (Phi) is 4.39. The average molecular weight is 479 g/mol. The van der Waals surface area contributed by atoms with Crippen LogP contribution in [0.2, 0.25) is 0 Å². The van der Waals surface area contributed by atoms with E-state index in [0.29, 0.717) is 22.7 Å². The largest absolute Gasteiger partial charge is 0.454 e. The van der Waals surface area contributed by atoms with Crippen LogP contribution < -0.4 is 14.4 Å². The minimum absolute atomic E-state index is 0.104. The van der Waals surface area contributed by atoms with Crippen LogP contribution in [0, 0.1) is 18.8 Å². The molecular formula is C29H22N2O5. The first-order valence-electron chi connectivity index (χ1n) is 12.0. The fraction of sp³-hybridized carbons (Fsp3) is 0.207. The first-order valence-corrected chi connectivity index (χ1v) is 12.0. The van der Waals surface area contributed by atoms with Gasteiger partial charge in [0.05, 0.1) is 23.6 Å². The van der Waals surface area contributed by atoms with E-state index >= 15 is 0 Å². The van der Waals surface area contributed by atoms with Gasteiger partial charge >= 0.3 is 0 Å². The summed E-state index contributed by atoms with van der Waals surface area (Å²) >= 11 is 0. The highest BCUT2D eigenvalue weighted by Crippen LogP contribution is 2.53. The van der Waals surface area contributed by atoms with Gasteiger partial charge in [0.1, 0.15) is 6.04 Å². The van der Waals surface area contributed by atoms with Gasteiger partial charge in [-0.2, -0.15) is 0 Å². The van der Waals surface area contributed by atoms with Crippen molar-refractivity contribution in [3.05, 3.63) is 95.2 Å². The molecule has 2 fully saturated rings. The lowest BCUT2D eigenvalue weighted by Gasteiger charge is -2.35. The number of Topliss-reactive ketones (excluding diaryl/α,β-unsaturated/α-hetero) is 1. The summed E-state index contributed by atoms with van der Waals surface area (Å²) in [6.07, 6.45) is 3.80. The Morgan fingerprint density at radius 2 is 1.64 bits per heavy atom. The number of amides is 2. The standard InChI is InChI=1S/C29H22N2O5/c1-16-6-9-19(10-7-16)31-28(33)23-24(29(31)34)26(27(32)18-8-11-21-22(14-18)36-15-35-21)30-13-12-17-4-2-3-5-20(17)25(23)30/h2-14,23-26H,15H2,1H3/t23-,24+,25+,26-/m0/s1. The number of nitrogens with zero attached hydrogens (tertiary/aromatic N) is 2.